The van der Waals surface area contributed by atoms with Gasteiger partial charge in [0.2, 0.25) is 5.69 Å². The molecule has 4 rings (SSSR count). The van der Waals surface area contributed by atoms with E-state index in [1.54, 1.807) is 0 Å². The molecule has 1 heterocycles. The van der Waals surface area contributed by atoms with Crippen molar-refractivity contribution in [3.63, 3.8) is 0 Å². The minimum absolute atomic E-state index is 0.487. The molecule has 0 fully saturated rings. The fraction of sp³-hybridized carbons (Fsp3) is 0.276. The van der Waals surface area contributed by atoms with Gasteiger partial charge in [-0.15, -0.1) is 0 Å². The average molecular weight is 427 g/mol. The van der Waals surface area contributed by atoms with E-state index in [0.29, 0.717) is 6.17 Å². The molecule has 0 aliphatic carbocycles. The first kappa shape index (κ1) is 19.0. The van der Waals surface area contributed by atoms with Crippen LogP contribution in [-0.4, -0.2) is 8.07 Å². The summed E-state index contributed by atoms with van der Waals surface area (Å²) in [5, 5.41) is 5.04. The predicted octanol–water partition coefficient (Wildman–Crippen LogP) is 5.89. The molecule has 0 amide bonds. The van der Waals surface area contributed by atoms with E-state index in [1.165, 1.54) is 21.5 Å². The summed E-state index contributed by atoms with van der Waals surface area (Å²) in [4.78, 5) is 0. The van der Waals surface area contributed by atoms with Gasteiger partial charge in [0.1, 0.15) is 16.5 Å². The van der Waals surface area contributed by atoms with Crippen LogP contribution in [0, 0.1) is 13.8 Å². The van der Waals surface area contributed by atoms with Crippen molar-refractivity contribution >= 4 is 29.2 Å². The number of hydrogen-bond acceptors (Lipinski definition) is 0. The Bertz CT molecular complexity index is 1350. The topological polar surface area (TPSA) is 3.88 Å². The molecule has 1 nitrogen and oxygen atoms in total. The van der Waals surface area contributed by atoms with Crippen molar-refractivity contribution in [2.24, 2.45) is 7.05 Å². The second-order valence-electron chi connectivity index (χ2n) is 9.44. The van der Waals surface area contributed by atoms with Crippen molar-refractivity contribution < 1.29 is 7.31 Å². The first-order valence-corrected chi connectivity index (χ1v) is 14.0. The highest BCUT2D eigenvalue weighted by atomic mass is 28.3. The van der Waals surface area contributed by atoms with Gasteiger partial charge in [-0.1, -0.05) is 85.8 Å². The molecule has 4 aromatic rings. The fourth-order valence-corrected chi connectivity index (χ4v) is 6.81. The van der Waals surface area contributed by atoms with Gasteiger partial charge in [-0.2, -0.15) is 0 Å². The van der Waals surface area contributed by atoms with E-state index < -0.39 is 14.0 Å². The Hall–Kier alpha value is -2.71. The molecule has 0 radical (unpaired) electrons. The Balaban J connectivity index is 1.99. The molecule has 0 spiro atoms. The number of benzene rings is 3. The summed E-state index contributed by atoms with van der Waals surface area (Å²) in [5.74, 6) is -0.682. The summed E-state index contributed by atoms with van der Waals surface area (Å²) in [6.07, 6.45) is 0.487. The van der Waals surface area contributed by atoms with Crippen molar-refractivity contribution in [2.45, 2.75) is 46.7 Å². The molecular weight excluding hydrogens is 390 g/mol. The molecule has 1 aromatic heterocycles. The molecule has 3 aromatic carbocycles. The SMILES string of the molecule is [2H]c1cc2cc([Si](C)(C)c3ccccc3)ccc2c(-c2cc(C([2H])(C)C)cc(C)c2C)[n+]1C. The molecule has 0 bridgehead atoms. The van der Waals surface area contributed by atoms with Crippen LogP contribution >= 0.6 is 0 Å². The van der Waals surface area contributed by atoms with Gasteiger partial charge >= 0.3 is 0 Å². The quantitative estimate of drug-likeness (QED) is 0.283. The standard InChI is InChI=1S/C29H34NSi/c1-20(2)24-17-21(3)22(4)28(19-24)29-27-14-13-26(18-23(27)15-16-30(29)5)31(6,7)25-11-9-8-10-12-25/h8-20H,1-7H3/q+1/i16D,20D. The number of nitrogens with zero attached hydrogens (tertiary/aromatic N) is 1. The zero-order valence-corrected chi connectivity index (χ0v) is 20.8. The third-order valence-electron chi connectivity index (χ3n) is 6.77. The fourth-order valence-electron chi connectivity index (χ4n) is 4.44. The minimum atomic E-state index is -1.85. The third-order valence-corrected chi connectivity index (χ3v) is 10.3. The number of rotatable bonds is 4. The Kier molecular flexibility index (Phi) is 4.96. The lowest BCUT2D eigenvalue weighted by Gasteiger charge is -2.24. The van der Waals surface area contributed by atoms with E-state index in [-0.39, 0.29) is 0 Å². The molecule has 2 heteroatoms. The van der Waals surface area contributed by atoms with E-state index in [4.69, 9.17) is 2.74 Å². The Morgan fingerprint density at radius 3 is 2.29 bits per heavy atom. The van der Waals surface area contributed by atoms with Crippen LogP contribution in [-0.2, 0) is 7.05 Å². The summed E-state index contributed by atoms with van der Waals surface area (Å²) in [5.41, 5.74) is 5.54. The van der Waals surface area contributed by atoms with Crippen LogP contribution in [0.2, 0.25) is 13.1 Å². The summed E-state index contributed by atoms with van der Waals surface area (Å²) in [6, 6.07) is 23.9. The summed E-state index contributed by atoms with van der Waals surface area (Å²) < 4.78 is 19.3. The van der Waals surface area contributed by atoms with Crippen LogP contribution in [0.4, 0.5) is 0 Å². The van der Waals surface area contributed by atoms with E-state index in [1.807, 2.05) is 31.5 Å². The first-order chi connectivity index (χ1) is 15.4. The minimum Gasteiger partial charge on any atom is -0.200 e. The normalized spacial score (nSPS) is 13.3. The second-order valence-corrected chi connectivity index (χ2v) is 13.8. The maximum absolute atomic E-state index is 8.72. The predicted molar refractivity (Wildman–Crippen MR) is 137 cm³/mol. The van der Waals surface area contributed by atoms with Crippen molar-refractivity contribution in [1.82, 2.24) is 0 Å². The zero-order valence-electron chi connectivity index (χ0n) is 21.8. The van der Waals surface area contributed by atoms with Crippen LogP contribution in [0.5, 0.6) is 0 Å². The van der Waals surface area contributed by atoms with E-state index in [0.717, 1.165) is 27.6 Å². The van der Waals surface area contributed by atoms with Crippen molar-refractivity contribution in [2.75, 3.05) is 0 Å². The zero-order chi connectivity index (χ0) is 24.1. The monoisotopic (exact) mass is 426 g/mol. The van der Waals surface area contributed by atoms with Crippen molar-refractivity contribution in [3.05, 3.63) is 89.6 Å². The molecule has 0 N–H and O–H groups in total. The number of pyridine rings is 1. The van der Waals surface area contributed by atoms with Crippen molar-refractivity contribution in [3.8, 4) is 11.3 Å². The van der Waals surface area contributed by atoms with Crippen LogP contribution in [0.15, 0.2) is 72.9 Å². The average Bonchev–Trinajstić information content (AvgIpc) is 2.76. The Morgan fingerprint density at radius 1 is 0.903 bits per heavy atom. The summed E-state index contributed by atoms with van der Waals surface area (Å²) in [7, 11) is 0.126. The van der Waals surface area contributed by atoms with Crippen LogP contribution in [0.25, 0.3) is 22.0 Å². The van der Waals surface area contributed by atoms with Crippen LogP contribution in [0.1, 0.15) is 39.2 Å². The van der Waals surface area contributed by atoms with Gasteiger partial charge in [0, 0.05) is 7.44 Å². The molecule has 0 saturated heterocycles. The highest BCUT2D eigenvalue weighted by Crippen LogP contribution is 2.32. The number of fused-ring (bicyclic) bond motifs is 1. The van der Waals surface area contributed by atoms with Gasteiger partial charge in [0.15, 0.2) is 6.17 Å². The number of aryl methyl sites for hydroxylation is 1. The number of hydrogen-bond donors (Lipinski definition) is 0. The van der Waals surface area contributed by atoms with Crippen LogP contribution < -0.4 is 14.9 Å². The van der Waals surface area contributed by atoms with Gasteiger partial charge in [-0.05, 0) is 54.0 Å². The van der Waals surface area contributed by atoms with Gasteiger partial charge in [0.25, 0.3) is 0 Å². The van der Waals surface area contributed by atoms with Gasteiger partial charge in [-0.25, -0.2) is 4.57 Å². The molecule has 0 saturated carbocycles. The summed E-state index contributed by atoms with van der Waals surface area (Å²) >= 11 is 0. The van der Waals surface area contributed by atoms with Gasteiger partial charge in [-0.3, -0.25) is 0 Å². The highest BCUT2D eigenvalue weighted by molar-refractivity contribution is 7.00. The van der Waals surface area contributed by atoms with Crippen molar-refractivity contribution in [1.29, 1.82) is 0 Å². The maximum atomic E-state index is 8.72. The number of aromatic nitrogens is 1. The maximum Gasteiger partial charge on any atom is 0.220 e. The molecular formula is C29H34NSi+. The Morgan fingerprint density at radius 2 is 1.61 bits per heavy atom. The van der Waals surface area contributed by atoms with Gasteiger partial charge in [0.05, 0.1) is 10.9 Å². The lowest BCUT2D eigenvalue weighted by molar-refractivity contribution is -0.659. The molecule has 31 heavy (non-hydrogen) atoms. The van der Waals surface area contributed by atoms with E-state index in [2.05, 4.69) is 87.6 Å². The molecule has 158 valence electrons. The smallest absolute Gasteiger partial charge is 0.200 e. The summed E-state index contributed by atoms with van der Waals surface area (Å²) in [6.45, 7) is 12.9. The van der Waals surface area contributed by atoms with E-state index >= 15 is 0 Å². The lowest BCUT2D eigenvalue weighted by atomic mass is 9.91. The first-order valence-electron chi connectivity index (χ1n) is 12.0. The molecule has 0 aliphatic heterocycles. The molecule has 0 aliphatic rings. The van der Waals surface area contributed by atoms with E-state index in [9.17, 15) is 0 Å². The highest BCUT2D eigenvalue weighted by Gasteiger charge is 2.27. The van der Waals surface area contributed by atoms with Gasteiger partial charge < -0.3 is 0 Å². The molecule has 0 atom stereocenters. The van der Waals surface area contributed by atoms with Crippen LogP contribution in [0.3, 0.4) is 0 Å². The largest absolute Gasteiger partial charge is 0.220 e. The Labute approximate surface area is 191 Å². The third kappa shape index (κ3) is 3.85. The molecule has 0 unspecified atom stereocenters. The second kappa shape index (κ2) is 8.09. The lowest BCUT2D eigenvalue weighted by Crippen LogP contribution is -2.52.